The summed E-state index contributed by atoms with van der Waals surface area (Å²) >= 11 is 0. The quantitative estimate of drug-likeness (QED) is 0.709. The second-order valence-electron chi connectivity index (χ2n) is 5.23. The summed E-state index contributed by atoms with van der Waals surface area (Å²) in [5.74, 6) is -0.371. The molecule has 0 radical (unpaired) electrons. The standard InChI is InChI=1S/C15H23NO4/c1-9(2)14(15(18)19)16-8-12(17)11-7-10(3)5-6-13(11)20-4/h5-7,9,12,14,16-17H,8H2,1-4H3,(H,18,19). The zero-order chi connectivity index (χ0) is 15.3. The van der Waals surface area contributed by atoms with Crippen LogP contribution in [0.5, 0.6) is 5.75 Å². The molecule has 1 rings (SSSR count). The fraction of sp³-hybridized carbons (Fsp3) is 0.533. The van der Waals surface area contributed by atoms with E-state index in [2.05, 4.69) is 5.32 Å². The van der Waals surface area contributed by atoms with Gasteiger partial charge >= 0.3 is 5.97 Å². The number of aliphatic hydroxyl groups is 1. The number of nitrogens with one attached hydrogen (secondary N) is 1. The maximum atomic E-state index is 11.1. The van der Waals surface area contributed by atoms with E-state index >= 15 is 0 Å². The van der Waals surface area contributed by atoms with Gasteiger partial charge in [0.1, 0.15) is 11.8 Å². The van der Waals surface area contributed by atoms with Crippen molar-refractivity contribution in [1.82, 2.24) is 5.32 Å². The highest BCUT2D eigenvalue weighted by Crippen LogP contribution is 2.26. The van der Waals surface area contributed by atoms with Crippen LogP contribution in [0.15, 0.2) is 18.2 Å². The normalized spacial score (nSPS) is 14.1. The Hall–Kier alpha value is -1.59. The molecule has 0 heterocycles. The van der Waals surface area contributed by atoms with E-state index < -0.39 is 18.1 Å². The Morgan fingerprint density at radius 3 is 2.55 bits per heavy atom. The molecule has 1 aromatic rings. The van der Waals surface area contributed by atoms with Gasteiger partial charge in [0.2, 0.25) is 0 Å². The summed E-state index contributed by atoms with van der Waals surface area (Å²) in [6.07, 6.45) is -0.814. The number of rotatable bonds is 7. The monoisotopic (exact) mass is 281 g/mol. The Bertz CT molecular complexity index is 459. The van der Waals surface area contributed by atoms with E-state index in [0.717, 1.165) is 5.56 Å². The zero-order valence-electron chi connectivity index (χ0n) is 12.4. The highest BCUT2D eigenvalue weighted by Gasteiger charge is 2.23. The highest BCUT2D eigenvalue weighted by atomic mass is 16.5. The summed E-state index contributed by atoms with van der Waals surface area (Å²) in [5.41, 5.74) is 1.67. The summed E-state index contributed by atoms with van der Waals surface area (Å²) in [6.45, 7) is 5.74. The number of aliphatic hydroxyl groups excluding tert-OH is 1. The van der Waals surface area contributed by atoms with E-state index in [-0.39, 0.29) is 12.5 Å². The summed E-state index contributed by atoms with van der Waals surface area (Å²) in [7, 11) is 1.54. The van der Waals surface area contributed by atoms with Crippen LogP contribution in [0.25, 0.3) is 0 Å². The number of aryl methyl sites for hydroxylation is 1. The predicted octanol–water partition coefficient (Wildman–Crippen LogP) is 1.74. The van der Waals surface area contributed by atoms with Crippen LogP contribution in [0, 0.1) is 12.8 Å². The van der Waals surface area contributed by atoms with E-state index in [1.165, 1.54) is 0 Å². The molecule has 0 aromatic heterocycles. The minimum absolute atomic E-state index is 0.0564. The Kier molecular flexibility index (Phi) is 5.98. The first-order valence-electron chi connectivity index (χ1n) is 6.65. The maximum absolute atomic E-state index is 11.1. The van der Waals surface area contributed by atoms with Gasteiger partial charge in [0.15, 0.2) is 0 Å². The van der Waals surface area contributed by atoms with Gasteiger partial charge in [0.05, 0.1) is 13.2 Å². The van der Waals surface area contributed by atoms with E-state index in [4.69, 9.17) is 9.84 Å². The summed E-state index contributed by atoms with van der Waals surface area (Å²) in [6, 6.07) is 4.86. The molecule has 0 bridgehead atoms. The fourth-order valence-electron chi connectivity index (χ4n) is 2.07. The SMILES string of the molecule is COc1ccc(C)cc1C(O)CNC(C(=O)O)C(C)C. The minimum atomic E-state index is -0.914. The molecular weight excluding hydrogens is 258 g/mol. The van der Waals surface area contributed by atoms with Crippen molar-refractivity contribution in [2.24, 2.45) is 5.92 Å². The fourth-order valence-corrected chi connectivity index (χ4v) is 2.07. The third-order valence-electron chi connectivity index (χ3n) is 3.21. The third kappa shape index (κ3) is 4.21. The van der Waals surface area contributed by atoms with Crippen LogP contribution in [0.2, 0.25) is 0 Å². The van der Waals surface area contributed by atoms with Crippen molar-refractivity contribution in [3.05, 3.63) is 29.3 Å². The van der Waals surface area contributed by atoms with E-state index in [0.29, 0.717) is 11.3 Å². The van der Waals surface area contributed by atoms with E-state index in [1.54, 1.807) is 13.2 Å². The number of ether oxygens (including phenoxy) is 1. The van der Waals surface area contributed by atoms with Crippen molar-refractivity contribution < 1.29 is 19.7 Å². The van der Waals surface area contributed by atoms with Gasteiger partial charge in [-0.15, -0.1) is 0 Å². The first-order valence-corrected chi connectivity index (χ1v) is 6.65. The first kappa shape index (κ1) is 16.5. The van der Waals surface area contributed by atoms with Crippen molar-refractivity contribution >= 4 is 5.97 Å². The van der Waals surface area contributed by atoms with Crippen LogP contribution in [0.4, 0.5) is 0 Å². The van der Waals surface area contributed by atoms with Crippen LogP contribution >= 0.6 is 0 Å². The summed E-state index contributed by atoms with van der Waals surface area (Å²) in [5, 5.41) is 22.2. The van der Waals surface area contributed by atoms with Gasteiger partial charge in [-0.3, -0.25) is 4.79 Å². The number of benzene rings is 1. The number of carbonyl (C=O) groups is 1. The molecule has 0 aliphatic carbocycles. The van der Waals surface area contributed by atoms with Crippen molar-refractivity contribution in [3.63, 3.8) is 0 Å². The molecule has 2 atom stereocenters. The molecule has 3 N–H and O–H groups in total. The molecule has 112 valence electrons. The number of carboxylic acids is 1. The second kappa shape index (κ2) is 7.26. The molecule has 0 spiro atoms. The van der Waals surface area contributed by atoms with E-state index in [9.17, 15) is 9.90 Å². The maximum Gasteiger partial charge on any atom is 0.320 e. The van der Waals surface area contributed by atoms with Gasteiger partial charge in [0, 0.05) is 12.1 Å². The molecule has 0 aliphatic rings. The number of methoxy groups -OCH3 is 1. The Morgan fingerprint density at radius 1 is 1.40 bits per heavy atom. The molecule has 5 nitrogen and oxygen atoms in total. The van der Waals surface area contributed by atoms with Gasteiger partial charge in [-0.05, 0) is 25.0 Å². The van der Waals surface area contributed by atoms with Gasteiger partial charge in [-0.25, -0.2) is 0 Å². The third-order valence-corrected chi connectivity index (χ3v) is 3.21. The molecule has 1 aromatic carbocycles. The van der Waals surface area contributed by atoms with Crippen LogP contribution in [-0.2, 0) is 4.79 Å². The van der Waals surface area contributed by atoms with Gasteiger partial charge in [0.25, 0.3) is 0 Å². The molecule has 0 amide bonds. The molecular formula is C15H23NO4. The summed E-state index contributed by atoms with van der Waals surface area (Å²) < 4.78 is 5.22. The largest absolute Gasteiger partial charge is 0.496 e. The van der Waals surface area contributed by atoms with E-state index in [1.807, 2.05) is 32.9 Å². The molecule has 0 aliphatic heterocycles. The number of carboxylic acid groups (broad SMARTS) is 1. The minimum Gasteiger partial charge on any atom is -0.496 e. The number of aliphatic carboxylic acids is 1. The Labute approximate surface area is 119 Å². The number of hydrogen-bond acceptors (Lipinski definition) is 4. The number of hydrogen-bond donors (Lipinski definition) is 3. The molecule has 2 unspecified atom stereocenters. The van der Waals surface area contributed by atoms with Crippen molar-refractivity contribution in [2.45, 2.75) is 32.9 Å². The lowest BCUT2D eigenvalue weighted by atomic mass is 10.0. The summed E-state index contributed by atoms with van der Waals surface area (Å²) in [4.78, 5) is 11.1. The molecule has 0 fully saturated rings. The molecule has 0 saturated carbocycles. The van der Waals surface area contributed by atoms with Crippen LogP contribution in [0.3, 0.4) is 0 Å². The van der Waals surface area contributed by atoms with Gasteiger partial charge in [-0.2, -0.15) is 0 Å². The predicted molar refractivity (Wildman–Crippen MR) is 77.0 cm³/mol. The van der Waals surface area contributed by atoms with Gasteiger partial charge in [-0.1, -0.05) is 25.5 Å². The average Bonchev–Trinajstić information content (AvgIpc) is 2.37. The average molecular weight is 281 g/mol. The topological polar surface area (TPSA) is 78.8 Å². The van der Waals surface area contributed by atoms with Crippen molar-refractivity contribution in [2.75, 3.05) is 13.7 Å². The molecule has 20 heavy (non-hydrogen) atoms. The second-order valence-corrected chi connectivity index (χ2v) is 5.23. The lowest BCUT2D eigenvalue weighted by Gasteiger charge is -2.21. The first-order chi connectivity index (χ1) is 9.36. The molecule has 0 saturated heterocycles. The van der Waals surface area contributed by atoms with Crippen LogP contribution in [-0.4, -0.2) is 35.9 Å². The lowest BCUT2D eigenvalue weighted by Crippen LogP contribution is -2.42. The molecule has 5 heteroatoms. The van der Waals surface area contributed by atoms with Crippen LogP contribution < -0.4 is 10.1 Å². The smallest absolute Gasteiger partial charge is 0.320 e. The van der Waals surface area contributed by atoms with Crippen molar-refractivity contribution in [1.29, 1.82) is 0 Å². The van der Waals surface area contributed by atoms with Crippen molar-refractivity contribution in [3.8, 4) is 5.75 Å². The van der Waals surface area contributed by atoms with Gasteiger partial charge < -0.3 is 20.3 Å². The highest BCUT2D eigenvalue weighted by molar-refractivity contribution is 5.73. The Balaban J connectivity index is 2.78. The lowest BCUT2D eigenvalue weighted by molar-refractivity contribution is -0.140. The Morgan fingerprint density at radius 2 is 2.05 bits per heavy atom. The van der Waals surface area contributed by atoms with Crippen LogP contribution in [0.1, 0.15) is 31.1 Å². The zero-order valence-corrected chi connectivity index (χ0v) is 12.4.